The van der Waals surface area contributed by atoms with E-state index in [9.17, 15) is 66.3 Å². The number of hydrogen-bond acceptors (Lipinski definition) is 14. The number of anilines is 1. The summed E-state index contributed by atoms with van der Waals surface area (Å²) in [6, 6.07) is 7.95. The number of carbonyl (C=O) groups is 3. The molecule has 23 heteroatoms. The molecule has 0 aromatic heterocycles. The predicted octanol–water partition coefficient (Wildman–Crippen LogP) is 3.49. The van der Waals surface area contributed by atoms with Gasteiger partial charge in [-0.1, -0.05) is 29.7 Å². The normalized spacial score (nSPS) is 19.8. The highest BCUT2D eigenvalue weighted by Gasteiger charge is 2.46. The molecular formula is C39H45N3O16S4. The van der Waals surface area contributed by atoms with Crippen molar-refractivity contribution in [1.82, 2.24) is 5.06 Å². The summed E-state index contributed by atoms with van der Waals surface area (Å²) in [5, 5.41) is 0.335. The van der Waals surface area contributed by atoms with Crippen LogP contribution in [0.3, 0.4) is 0 Å². The fourth-order valence-corrected chi connectivity index (χ4v) is 9.78. The summed E-state index contributed by atoms with van der Waals surface area (Å²) in [7, 11) is -18.2. The van der Waals surface area contributed by atoms with Gasteiger partial charge in [-0.3, -0.25) is 23.2 Å². The van der Waals surface area contributed by atoms with E-state index in [0.29, 0.717) is 45.4 Å². The Labute approximate surface area is 359 Å². The van der Waals surface area contributed by atoms with Crippen molar-refractivity contribution in [2.45, 2.75) is 79.9 Å². The van der Waals surface area contributed by atoms with Crippen molar-refractivity contribution in [3.8, 4) is 0 Å². The van der Waals surface area contributed by atoms with Crippen LogP contribution in [-0.4, -0.2) is 110 Å². The lowest BCUT2D eigenvalue weighted by Crippen LogP contribution is -2.32. The Hall–Kier alpha value is -4.88. The molecule has 0 saturated heterocycles. The lowest BCUT2D eigenvalue weighted by Gasteiger charge is -2.30. The first-order valence-electron chi connectivity index (χ1n) is 19.0. The van der Waals surface area contributed by atoms with Crippen LogP contribution in [0.1, 0.15) is 70.4 Å². The van der Waals surface area contributed by atoms with E-state index in [-0.39, 0.29) is 50.1 Å². The number of benzene rings is 2. The molecular weight excluding hydrogens is 895 g/mol. The second-order valence-corrected chi connectivity index (χ2v) is 21.4. The van der Waals surface area contributed by atoms with Gasteiger partial charge in [0.2, 0.25) is 5.69 Å². The summed E-state index contributed by atoms with van der Waals surface area (Å²) in [4.78, 5) is 42.1. The molecule has 3 N–H and O–H groups in total. The summed E-state index contributed by atoms with van der Waals surface area (Å²) in [5.74, 6) is -3.72. The van der Waals surface area contributed by atoms with E-state index in [4.69, 9.17) is 4.84 Å². The van der Waals surface area contributed by atoms with E-state index >= 15 is 0 Å². The maximum atomic E-state index is 12.5. The minimum absolute atomic E-state index is 0.00249. The monoisotopic (exact) mass is 939 g/mol. The molecule has 0 aliphatic carbocycles. The van der Waals surface area contributed by atoms with Crippen molar-refractivity contribution in [1.29, 1.82) is 0 Å². The fraction of sp³-hybridized carbons (Fsp3) is 0.385. The second kappa shape index (κ2) is 18.1. The molecule has 3 aliphatic rings. The zero-order valence-electron chi connectivity index (χ0n) is 33.7. The Morgan fingerprint density at radius 2 is 1.40 bits per heavy atom. The molecule has 5 rings (SSSR count). The first-order valence-corrected chi connectivity index (χ1v) is 25.1. The summed E-state index contributed by atoms with van der Waals surface area (Å²) in [5.41, 5.74) is 1.16. The van der Waals surface area contributed by atoms with E-state index in [1.54, 1.807) is 60.6 Å². The molecule has 2 aromatic carbocycles. The van der Waals surface area contributed by atoms with E-state index in [1.165, 1.54) is 36.4 Å². The summed E-state index contributed by atoms with van der Waals surface area (Å²) >= 11 is 0. The van der Waals surface area contributed by atoms with Crippen LogP contribution >= 0.6 is 0 Å². The Bertz CT molecular complexity index is 2770. The van der Waals surface area contributed by atoms with Crippen molar-refractivity contribution >= 4 is 75.3 Å². The van der Waals surface area contributed by atoms with Crippen LogP contribution in [0.4, 0.5) is 11.4 Å². The lowest BCUT2D eigenvalue weighted by atomic mass is 9.77. The number of fused-ring (bicyclic) bond motifs is 2. The van der Waals surface area contributed by atoms with Crippen LogP contribution in [-0.2, 0) is 70.5 Å². The zero-order chi connectivity index (χ0) is 46.1. The van der Waals surface area contributed by atoms with Crippen molar-refractivity contribution in [2.75, 3.05) is 29.5 Å². The molecule has 0 fully saturated rings. The first-order chi connectivity index (χ1) is 28.6. The maximum Gasteiger partial charge on any atom is 0.333 e. The van der Waals surface area contributed by atoms with Crippen molar-refractivity contribution in [3.05, 3.63) is 95.8 Å². The van der Waals surface area contributed by atoms with Gasteiger partial charge in [-0.05, 0) is 82.0 Å². The van der Waals surface area contributed by atoms with Crippen LogP contribution in [0.25, 0.3) is 0 Å². The van der Waals surface area contributed by atoms with Gasteiger partial charge in [-0.2, -0.15) is 29.8 Å². The van der Waals surface area contributed by atoms with Gasteiger partial charge in [0, 0.05) is 71.8 Å². The molecule has 1 atom stereocenters. The Kier molecular flexibility index (Phi) is 14.0. The molecule has 3 heterocycles. The van der Waals surface area contributed by atoms with E-state index in [2.05, 4.69) is 0 Å². The Balaban J connectivity index is 1.50. The summed E-state index contributed by atoms with van der Waals surface area (Å²) in [6.07, 6.45) is 10.7. The van der Waals surface area contributed by atoms with Crippen molar-refractivity contribution < 1.29 is 75.7 Å². The van der Waals surface area contributed by atoms with Crippen molar-refractivity contribution in [3.63, 3.8) is 0 Å². The highest BCUT2D eigenvalue weighted by Crippen LogP contribution is 2.51. The number of unbranched alkanes of at least 4 members (excludes halogenated alkanes) is 1. The van der Waals surface area contributed by atoms with Gasteiger partial charge < -0.3 is 14.3 Å². The van der Waals surface area contributed by atoms with E-state index < -0.39 is 85.5 Å². The number of carbonyl (C=O) groups excluding carboxylic acids is 3. The standard InChI is InChI=1S/C39H45N3O16S4/c1-38(2)29-25-27(61(52,53)54)14-16-31(29)40(21-9-23-59(46,47)48)33(38)11-5-4-6-12-34-39(3,20-8-7-13-37(45)58-42-35(43)18-19-36(42)44)30-26-28(62(55,56)57)15-17-32(30)41(34)22-10-24-60(49,50)51/h4-6,11-12,14-19,25-26H,7-10,13,20-24H2,1-3H3,(H3-,46,47,48,49,50,51,52,53,54,55,56,57). The van der Waals surface area contributed by atoms with Gasteiger partial charge in [0.25, 0.3) is 42.2 Å². The third kappa shape index (κ3) is 11.2. The van der Waals surface area contributed by atoms with Gasteiger partial charge in [-0.15, -0.1) is 0 Å². The minimum Gasteiger partial charge on any atom is -0.748 e. The van der Waals surface area contributed by atoms with Crippen LogP contribution in [0, 0.1) is 0 Å². The number of nitrogens with zero attached hydrogens (tertiary/aromatic N) is 3. The average Bonchev–Trinajstić information content (AvgIpc) is 3.67. The van der Waals surface area contributed by atoms with Gasteiger partial charge in [0.05, 0.1) is 31.1 Å². The van der Waals surface area contributed by atoms with Crippen molar-refractivity contribution in [2.24, 2.45) is 0 Å². The molecule has 0 bridgehead atoms. The number of hydroxylamine groups is 2. The molecule has 19 nitrogen and oxygen atoms in total. The number of amides is 2. The summed E-state index contributed by atoms with van der Waals surface area (Å²) < 4.78 is 137. The Morgan fingerprint density at radius 1 is 0.790 bits per heavy atom. The molecule has 1 unspecified atom stereocenters. The van der Waals surface area contributed by atoms with Gasteiger partial charge in [0.1, 0.15) is 6.54 Å². The van der Waals surface area contributed by atoms with Crippen LogP contribution in [0.2, 0.25) is 0 Å². The second-order valence-electron chi connectivity index (χ2n) is 15.5. The topological polar surface area (TPSA) is 290 Å². The number of allylic oxidation sites excluding steroid dienone is 6. The SMILES string of the molecule is CC1(C)C(C=CC=CC=C2N(CCCS(=O)(=O)[O-])c3ccc(S(=O)(=O)O)cc3C2(C)CCCCC(=O)ON2C(=O)C=CC2=O)=[N+](CCCS(=O)(=O)O)c2ccc(S(=O)(=O)O)cc21. The molecule has 2 aromatic rings. The third-order valence-electron chi connectivity index (χ3n) is 10.7. The number of imide groups is 1. The highest BCUT2D eigenvalue weighted by molar-refractivity contribution is 7.86. The highest BCUT2D eigenvalue weighted by atomic mass is 32.2. The quantitative estimate of drug-likeness (QED) is 0.0597. The summed E-state index contributed by atoms with van der Waals surface area (Å²) in [6.45, 7) is 5.49. The average molecular weight is 940 g/mol. The minimum atomic E-state index is -4.69. The molecule has 62 heavy (non-hydrogen) atoms. The van der Waals surface area contributed by atoms with Gasteiger partial charge in [-0.25, -0.2) is 13.2 Å². The largest absolute Gasteiger partial charge is 0.748 e. The van der Waals surface area contributed by atoms with Gasteiger partial charge in [0.15, 0.2) is 5.71 Å². The molecule has 336 valence electrons. The molecule has 0 spiro atoms. The zero-order valence-corrected chi connectivity index (χ0v) is 37.0. The molecule has 0 saturated carbocycles. The lowest BCUT2D eigenvalue weighted by molar-refractivity contribution is -0.437. The van der Waals surface area contributed by atoms with Crippen LogP contribution < -0.4 is 4.90 Å². The molecule has 0 radical (unpaired) electrons. The van der Waals surface area contributed by atoms with Gasteiger partial charge >= 0.3 is 5.97 Å². The predicted molar refractivity (Wildman–Crippen MR) is 222 cm³/mol. The molecule has 3 aliphatic heterocycles. The number of rotatable bonds is 19. The third-order valence-corrected chi connectivity index (χ3v) is 14.0. The van der Waals surface area contributed by atoms with Crippen LogP contribution in [0.5, 0.6) is 0 Å². The Morgan fingerprint density at radius 3 is 2.00 bits per heavy atom. The van der Waals surface area contributed by atoms with E-state index in [1.807, 2.05) is 0 Å². The van der Waals surface area contributed by atoms with E-state index in [0.717, 1.165) is 12.2 Å². The smallest absolute Gasteiger partial charge is 0.333 e. The fourth-order valence-electron chi connectivity index (χ4n) is 7.79. The maximum absolute atomic E-state index is 12.5. The van der Waals surface area contributed by atoms with Crippen LogP contribution in [0.15, 0.2) is 94.4 Å². The molecule has 2 amide bonds. The number of hydrogen-bond donors (Lipinski definition) is 3. The first kappa shape index (κ1) is 48.2.